The number of H-pyrrole nitrogens is 1. The number of rotatable bonds is 6. The highest BCUT2D eigenvalue weighted by Gasteiger charge is 2.17. The third-order valence-corrected chi connectivity index (χ3v) is 2.74. The first-order chi connectivity index (χ1) is 9.28. The SMILES string of the molecule is Cc1[nH]cnc1CNCCC(C)NC(=O)OC(C)(C)C. The molecule has 1 rings (SSSR count). The molecule has 0 aliphatic carbocycles. The van der Waals surface area contributed by atoms with Crippen LogP contribution in [-0.4, -0.2) is 34.2 Å². The summed E-state index contributed by atoms with van der Waals surface area (Å²) in [5.74, 6) is 0. The first-order valence-corrected chi connectivity index (χ1v) is 6.97. The molecule has 0 radical (unpaired) electrons. The Hall–Kier alpha value is -1.56. The van der Waals surface area contributed by atoms with Gasteiger partial charge in [-0.2, -0.15) is 0 Å². The third kappa shape index (κ3) is 6.56. The molecule has 1 aromatic heterocycles. The third-order valence-electron chi connectivity index (χ3n) is 2.74. The van der Waals surface area contributed by atoms with Crippen molar-refractivity contribution < 1.29 is 9.53 Å². The number of hydrogen-bond donors (Lipinski definition) is 3. The van der Waals surface area contributed by atoms with Gasteiger partial charge in [0, 0.05) is 18.3 Å². The van der Waals surface area contributed by atoms with E-state index in [0.29, 0.717) is 0 Å². The number of carbonyl (C=O) groups excluding carboxylic acids is 1. The highest BCUT2D eigenvalue weighted by atomic mass is 16.6. The van der Waals surface area contributed by atoms with Gasteiger partial charge in [0.1, 0.15) is 5.60 Å². The zero-order chi connectivity index (χ0) is 15.2. The Labute approximate surface area is 120 Å². The number of nitrogens with zero attached hydrogens (tertiary/aromatic N) is 1. The van der Waals surface area contributed by atoms with E-state index in [1.165, 1.54) is 0 Å². The smallest absolute Gasteiger partial charge is 0.407 e. The fourth-order valence-electron chi connectivity index (χ4n) is 1.67. The molecule has 1 unspecified atom stereocenters. The molecule has 3 N–H and O–H groups in total. The molecule has 1 atom stereocenters. The Kier molecular flexibility index (Phi) is 6.01. The molecule has 0 bridgehead atoms. The predicted molar refractivity (Wildman–Crippen MR) is 78.5 cm³/mol. The maximum absolute atomic E-state index is 11.6. The lowest BCUT2D eigenvalue weighted by atomic mass is 10.2. The van der Waals surface area contributed by atoms with E-state index < -0.39 is 5.60 Å². The van der Waals surface area contributed by atoms with E-state index in [1.807, 2.05) is 34.6 Å². The van der Waals surface area contributed by atoms with Crippen LogP contribution in [0.15, 0.2) is 6.33 Å². The van der Waals surface area contributed by atoms with Gasteiger partial charge in [0.15, 0.2) is 0 Å². The summed E-state index contributed by atoms with van der Waals surface area (Å²) in [6.45, 7) is 11.1. The Balaban J connectivity index is 2.15. The second kappa shape index (κ2) is 7.28. The maximum atomic E-state index is 11.6. The molecule has 0 spiro atoms. The number of aromatic amines is 1. The molecule has 0 aliphatic rings. The molecular formula is C14H26N4O2. The number of aryl methyl sites for hydroxylation is 1. The summed E-state index contributed by atoms with van der Waals surface area (Å²) in [6.07, 6.45) is 2.16. The van der Waals surface area contributed by atoms with E-state index in [-0.39, 0.29) is 12.1 Å². The predicted octanol–water partition coefficient (Wildman–Crippen LogP) is 2.11. The summed E-state index contributed by atoms with van der Waals surface area (Å²) in [4.78, 5) is 18.8. The van der Waals surface area contributed by atoms with Gasteiger partial charge in [-0.15, -0.1) is 0 Å². The minimum absolute atomic E-state index is 0.0673. The minimum atomic E-state index is -0.459. The number of alkyl carbamates (subject to hydrolysis) is 1. The lowest BCUT2D eigenvalue weighted by Gasteiger charge is -2.22. The summed E-state index contributed by atoms with van der Waals surface area (Å²) in [7, 11) is 0. The van der Waals surface area contributed by atoms with Crippen LogP contribution in [0.5, 0.6) is 0 Å². The van der Waals surface area contributed by atoms with Crippen molar-refractivity contribution in [2.75, 3.05) is 6.54 Å². The zero-order valence-corrected chi connectivity index (χ0v) is 13.0. The molecule has 0 saturated heterocycles. The minimum Gasteiger partial charge on any atom is -0.444 e. The average molecular weight is 282 g/mol. The molecule has 0 aliphatic heterocycles. The summed E-state index contributed by atoms with van der Waals surface area (Å²) >= 11 is 0. The van der Waals surface area contributed by atoms with E-state index in [2.05, 4.69) is 20.6 Å². The van der Waals surface area contributed by atoms with Gasteiger partial charge in [-0.05, 0) is 47.6 Å². The van der Waals surface area contributed by atoms with E-state index >= 15 is 0 Å². The molecule has 114 valence electrons. The lowest BCUT2D eigenvalue weighted by Crippen LogP contribution is -2.38. The molecular weight excluding hydrogens is 256 g/mol. The van der Waals surface area contributed by atoms with Gasteiger partial charge in [-0.25, -0.2) is 9.78 Å². The number of nitrogens with one attached hydrogen (secondary N) is 3. The van der Waals surface area contributed by atoms with Crippen molar-refractivity contribution in [1.82, 2.24) is 20.6 Å². The van der Waals surface area contributed by atoms with Crippen LogP contribution >= 0.6 is 0 Å². The quantitative estimate of drug-likeness (QED) is 0.698. The molecule has 0 fully saturated rings. The van der Waals surface area contributed by atoms with Crippen LogP contribution in [0, 0.1) is 6.92 Å². The fourth-order valence-corrected chi connectivity index (χ4v) is 1.67. The summed E-state index contributed by atoms with van der Waals surface area (Å²) in [6, 6.07) is 0.0673. The second-order valence-corrected chi connectivity index (χ2v) is 5.99. The second-order valence-electron chi connectivity index (χ2n) is 5.99. The van der Waals surface area contributed by atoms with Gasteiger partial charge in [-0.3, -0.25) is 0 Å². The number of carbonyl (C=O) groups is 1. The van der Waals surface area contributed by atoms with Gasteiger partial charge in [0.25, 0.3) is 0 Å². The molecule has 0 aromatic carbocycles. The van der Waals surface area contributed by atoms with Crippen LogP contribution in [0.2, 0.25) is 0 Å². The van der Waals surface area contributed by atoms with E-state index in [0.717, 1.165) is 30.9 Å². The van der Waals surface area contributed by atoms with Crippen molar-refractivity contribution in [2.45, 2.75) is 59.2 Å². The molecule has 6 heteroatoms. The van der Waals surface area contributed by atoms with Crippen molar-refractivity contribution in [1.29, 1.82) is 0 Å². The lowest BCUT2D eigenvalue weighted by molar-refractivity contribution is 0.0506. The monoisotopic (exact) mass is 282 g/mol. The Morgan fingerprint density at radius 2 is 2.20 bits per heavy atom. The van der Waals surface area contributed by atoms with Crippen LogP contribution in [0.4, 0.5) is 4.79 Å². The molecule has 6 nitrogen and oxygen atoms in total. The first kappa shape index (κ1) is 16.5. The van der Waals surface area contributed by atoms with Crippen LogP contribution in [0.1, 0.15) is 45.5 Å². The average Bonchev–Trinajstić information content (AvgIpc) is 2.67. The number of imidazole rings is 1. The van der Waals surface area contributed by atoms with E-state index in [1.54, 1.807) is 6.33 Å². The maximum Gasteiger partial charge on any atom is 0.407 e. The van der Waals surface area contributed by atoms with Crippen molar-refractivity contribution in [2.24, 2.45) is 0 Å². The van der Waals surface area contributed by atoms with Crippen molar-refractivity contribution in [3.05, 3.63) is 17.7 Å². The largest absolute Gasteiger partial charge is 0.444 e. The molecule has 1 heterocycles. The topological polar surface area (TPSA) is 79.0 Å². The van der Waals surface area contributed by atoms with Gasteiger partial charge in [0.2, 0.25) is 0 Å². The number of hydrogen-bond acceptors (Lipinski definition) is 4. The van der Waals surface area contributed by atoms with Crippen LogP contribution in [0.3, 0.4) is 0 Å². The van der Waals surface area contributed by atoms with Gasteiger partial charge >= 0.3 is 6.09 Å². The van der Waals surface area contributed by atoms with E-state index in [9.17, 15) is 4.79 Å². The van der Waals surface area contributed by atoms with Crippen molar-refractivity contribution in [3.63, 3.8) is 0 Å². The molecule has 0 saturated carbocycles. The number of amides is 1. The van der Waals surface area contributed by atoms with E-state index in [4.69, 9.17) is 4.74 Å². The Morgan fingerprint density at radius 1 is 1.50 bits per heavy atom. The van der Waals surface area contributed by atoms with Crippen molar-refractivity contribution in [3.8, 4) is 0 Å². The number of aromatic nitrogens is 2. The van der Waals surface area contributed by atoms with Crippen molar-refractivity contribution >= 4 is 6.09 Å². The van der Waals surface area contributed by atoms with Gasteiger partial charge in [0.05, 0.1) is 12.0 Å². The van der Waals surface area contributed by atoms with Crippen LogP contribution in [0.25, 0.3) is 0 Å². The fraction of sp³-hybridized carbons (Fsp3) is 0.714. The Bertz CT molecular complexity index is 423. The normalized spacial score (nSPS) is 13.1. The highest BCUT2D eigenvalue weighted by Crippen LogP contribution is 2.07. The molecule has 1 amide bonds. The van der Waals surface area contributed by atoms with Crippen LogP contribution in [-0.2, 0) is 11.3 Å². The first-order valence-electron chi connectivity index (χ1n) is 6.97. The summed E-state index contributed by atoms with van der Waals surface area (Å²) in [5, 5.41) is 6.12. The van der Waals surface area contributed by atoms with Gasteiger partial charge < -0.3 is 20.4 Å². The molecule has 1 aromatic rings. The standard InChI is InChI=1S/C14H26N4O2/c1-10(18-13(19)20-14(3,4)5)6-7-15-8-12-11(2)16-9-17-12/h9-10,15H,6-8H2,1-5H3,(H,16,17)(H,18,19). The Morgan fingerprint density at radius 3 is 2.75 bits per heavy atom. The number of ether oxygens (including phenoxy) is 1. The highest BCUT2D eigenvalue weighted by molar-refractivity contribution is 5.67. The van der Waals surface area contributed by atoms with Gasteiger partial charge in [-0.1, -0.05) is 0 Å². The zero-order valence-electron chi connectivity index (χ0n) is 13.0. The summed E-state index contributed by atoms with van der Waals surface area (Å²) in [5.41, 5.74) is 1.65. The van der Waals surface area contributed by atoms with Crippen LogP contribution < -0.4 is 10.6 Å². The summed E-state index contributed by atoms with van der Waals surface area (Å²) < 4.78 is 5.20. The molecule has 20 heavy (non-hydrogen) atoms.